The third-order valence-electron chi connectivity index (χ3n) is 7.58. The third-order valence-corrected chi connectivity index (χ3v) is 9.01. The normalized spacial score (nSPS) is 29.4. The van der Waals surface area contributed by atoms with Crippen LogP contribution < -0.4 is 14.8 Å². The van der Waals surface area contributed by atoms with Gasteiger partial charge in [0.15, 0.2) is 0 Å². The second-order valence-electron chi connectivity index (χ2n) is 9.62. The number of nitrogens with one attached hydrogen (secondary N) is 2. The highest BCUT2D eigenvalue weighted by molar-refractivity contribution is 7.92. The number of carboxylic acid groups (broad SMARTS) is 1. The van der Waals surface area contributed by atoms with Crippen molar-refractivity contribution < 1.29 is 23.1 Å². The molecule has 0 radical (unpaired) electrons. The summed E-state index contributed by atoms with van der Waals surface area (Å²) in [6, 6.07) is 10.3. The van der Waals surface area contributed by atoms with E-state index in [1.165, 1.54) is 0 Å². The topological polar surface area (TPSA) is 108 Å². The molecular weight excluding hydrogens is 442 g/mol. The maximum absolute atomic E-state index is 13.4. The summed E-state index contributed by atoms with van der Waals surface area (Å²) < 4.78 is 35.2. The highest BCUT2D eigenvalue weighted by Gasteiger charge is 2.45. The SMILES string of the molecule is O=C(O)c1c(NS(=O)(=O)c2ccccc2N[C@@H]2CN3CCC2CC3)ccc2c1OC[C@@H]1C[C@H]21. The van der Waals surface area contributed by atoms with E-state index in [-0.39, 0.29) is 22.2 Å². The summed E-state index contributed by atoms with van der Waals surface area (Å²) in [4.78, 5) is 14.6. The molecule has 3 saturated heterocycles. The van der Waals surface area contributed by atoms with Gasteiger partial charge in [0.25, 0.3) is 10.0 Å². The Morgan fingerprint density at radius 2 is 1.85 bits per heavy atom. The van der Waals surface area contributed by atoms with Crippen LogP contribution >= 0.6 is 0 Å². The first-order chi connectivity index (χ1) is 15.9. The molecule has 2 bridgehead atoms. The van der Waals surface area contributed by atoms with Crippen molar-refractivity contribution in [3.05, 3.63) is 47.5 Å². The number of fused-ring (bicyclic) bond motifs is 6. The number of rotatable bonds is 6. The summed E-state index contributed by atoms with van der Waals surface area (Å²) in [5, 5.41) is 13.4. The van der Waals surface area contributed by atoms with Crippen molar-refractivity contribution in [1.82, 2.24) is 4.90 Å². The lowest BCUT2D eigenvalue weighted by Crippen LogP contribution is -2.53. The smallest absolute Gasteiger partial charge is 0.341 e. The first-order valence-electron chi connectivity index (χ1n) is 11.5. The minimum Gasteiger partial charge on any atom is -0.492 e. The van der Waals surface area contributed by atoms with Gasteiger partial charge in [0.2, 0.25) is 0 Å². The summed E-state index contributed by atoms with van der Waals surface area (Å²) in [6.07, 6.45) is 3.21. The molecule has 9 heteroatoms. The summed E-state index contributed by atoms with van der Waals surface area (Å²) in [5.41, 5.74) is 1.30. The number of anilines is 2. The predicted molar refractivity (Wildman–Crippen MR) is 124 cm³/mol. The van der Waals surface area contributed by atoms with Crippen LogP contribution in [-0.4, -0.2) is 56.7 Å². The molecule has 7 rings (SSSR count). The van der Waals surface area contributed by atoms with Gasteiger partial charge in [-0.15, -0.1) is 0 Å². The third kappa shape index (κ3) is 3.63. The minimum absolute atomic E-state index is 0.0259. The van der Waals surface area contributed by atoms with Gasteiger partial charge in [0.1, 0.15) is 16.2 Å². The molecule has 3 atom stereocenters. The summed E-state index contributed by atoms with van der Waals surface area (Å²) >= 11 is 0. The number of piperidine rings is 3. The lowest BCUT2D eigenvalue weighted by Gasteiger charge is -2.45. The van der Waals surface area contributed by atoms with Crippen molar-refractivity contribution in [2.75, 3.05) is 36.3 Å². The maximum Gasteiger partial charge on any atom is 0.341 e. The average Bonchev–Trinajstić information content (AvgIpc) is 3.60. The molecule has 1 aliphatic carbocycles. The highest BCUT2D eigenvalue weighted by atomic mass is 32.2. The van der Waals surface area contributed by atoms with E-state index in [2.05, 4.69) is 14.9 Å². The van der Waals surface area contributed by atoms with E-state index in [0.29, 0.717) is 35.8 Å². The Morgan fingerprint density at radius 1 is 1.06 bits per heavy atom. The predicted octanol–water partition coefficient (Wildman–Crippen LogP) is 3.19. The Bertz CT molecular complexity index is 1220. The van der Waals surface area contributed by atoms with Gasteiger partial charge >= 0.3 is 5.97 Å². The summed E-state index contributed by atoms with van der Waals surface area (Å²) in [6.45, 7) is 3.58. The molecule has 1 saturated carbocycles. The Balaban J connectivity index is 1.32. The van der Waals surface area contributed by atoms with Crippen LogP contribution in [0.1, 0.15) is 41.1 Å². The molecule has 0 spiro atoms. The molecule has 4 heterocycles. The van der Waals surface area contributed by atoms with Crippen LogP contribution in [0.5, 0.6) is 5.75 Å². The quantitative estimate of drug-likeness (QED) is 0.596. The number of nitrogens with zero attached hydrogens (tertiary/aromatic N) is 1. The fourth-order valence-electron chi connectivity index (χ4n) is 5.70. The lowest BCUT2D eigenvalue weighted by molar-refractivity contribution is 0.0692. The molecule has 174 valence electrons. The zero-order valence-corrected chi connectivity index (χ0v) is 19.0. The number of carbonyl (C=O) groups is 1. The first kappa shape index (κ1) is 20.8. The maximum atomic E-state index is 13.4. The zero-order valence-electron chi connectivity index (χ0n) is 18.2. The van der Waals surface area contributed by atoms with Gasteiger partial charge < -0.3 is 20.1 Å². The Labute approximate surface area is 193 Å². The van der Waals surface area contributed by atoms with E-state index >= 15 is 0 Å². The second-order valence-corrected chi connectivity index (χ2v) is 11.3. The largest absolute Gasteiger partial charge is 0.492 e. The number of hydrogen-bond donors (Lipinski definition) is 3. The van der Waals surface area contributed by atoms with Gasteiger partial charge in [0.05, 0.1) is 18.0 Å². The van der Waals surface area contributed by atoms with Crippen LogP contribution in [-0.2, 0) is 10.0 Å². The molecule has 0 aromatic heterocycles. The fourth-order valence-corrected chi connectivity index (χ4v) is 6.94. The second kappa shape index (κ2) is 7.63. The number of hydrogen-bond acceptors (Lipinski definition) is 6. The van der Waals surface area contributed by atoms with Crippen LogP contribution in [0.4, 0.5) is 11.4 Å². The average molecular weight is 470 g/mol. The number of ether oxygens (including phenoxy) is 1. The van der Waals surface area contributed by atoms with Crippen LogP contribution in [0.15, 0.2) is 41.3 Å². The molecular formula is C24H27N3O5S. The molecule has 2 aromatic rings. The number of sulfonamides is 1. The van der Waals surface area contributed by atoms with Crippen LogP contribution in [0.2, 0.25) is 0 Å². The Morgan fingerprint density at radius 3 is 2.58 bits per heavy atom. The first-order valence-corrected chi connectivity index (χ1v) is 13.0. The van der Waals surface area contributed by atoms with Gasteiger partial charge in [-0.2, -0.15) is 0 Å². The summed E-state index contributed by atoms with van der Waals surface area (Å²) in [7, 11) is -4.04. The van der Waals surface area contributed by atoms with Gasteiger partial charge in [-0.1, -0.05) is 18.2 Å². The lowest BCUT2D eigenvalue weighted by atomic mass is 9.84. The monoisotopic (exact) mass is 469 g/mol. The van der Waals surface area contributed by atoms with Crippen LogP contribution in [0.3, 0.4) is 0 Å². The Kier molecular flexibility index (Phi) is 4.81. The summed E-state index contributed by atoms with van der Waals surface area (Å²) in [5.74, 6) is 0.360. The van der Waals surface area contributed by atoms with Crippen molar-refractivity contribution in [3.8, 4) is 5.75 Å². The molecule has 5 aliphatic rings. The van der Waals surface area contributed by atoms with Crippen LogP contribution in [0.25, 0.3) is 0 Å². The standard InChI is InChI=1S/C24H27N3O5S/c28-24(29)22-19(6-5-16-17-11-15(17)13-32-23(16)22)26-33(30,31)21-4-2-1-3-18(21)25-20-12-27-9-7-14(20)8-10-27/h1-6,14-15,17,20,25-26H,7-13H2,(H,28,29)/t15-,17-,20+/m0/s1. The van der Waals surface area contributed by atoms with Gasteiger partial charge in [-0.25, -0.2) is 13.2 Å². The van der Waals surface area contributed by atoms with Crippen molar-refractivity contribution in [2.24, 2.45) is 11.8 Å². The molecule has 0 unspecified atom stereocenters. The van der Waals surface area contributed by atoms with Gasteiger partial charge in [0, 0.05) is 18.5 Å². The minimum atomic E-state index is -4.04. The van der Waals surface area contributed by atoms with E-state index in [9.17, 15) is 18.3 Å². The van der Waals surface area contributed by atoms with E-state index in [0.717, 1.165) is 44.5 Å². The molecule has 0 amide bonds. The van der Waals surface area contributed by atoms with Crippen molar-refractivity contribution in [3.63, 3.8) is 0 Å². The molecule has 3 N–H and O–H groups in total. The van der Waals surface area contributed by atoms with Gasteiger partial charge in [-0.3, -0.25) is 4.72 Å². The zero-order chi connectivity index (χ0) is 22.7. The molecule has 4 fully saturated rings. The molecule has 33 heavy (non-hydrogen) atoms. The van der Waals surface area contributed by atoms with Crippen LogP contribution in [0, 0.1) is 11.8 Å². The number of benzene rings is 2. The number of carboxylic acids is 1. The Hall–Kier alpha value is -2.78. The van der Waals surface area contributed by atoms with E-state index in [1.54, 1.807) is 30.3 Å². The van der Waals surface area contributed by atoms with E-state index in [4.69, 9.17) is 4.74 Å². The number of aromatic carboxylic acids is 1. The molecule has 8 nitrogen and oxygen atoms in total. The van der Waals surface area contributed by atoms with Crippen molar-refractivity contribution in [1.29, 1.82) is 0 Å². The van der Waals surface area contributed by atoms with E-state index in [1.807, 2.05) is 6.07 Å². The van der Waals surface area contributed by atoms with Gasteiger partial charge in [-0.05, 0) is 68.0 Å². The number of para-hydroxylation sites is 1. The van der Waals surface area contributed by atoms with Crippen molar-refractivity contribution in [2.45, 2.75) is 36.1 Å². The molecule has 2 aromatic carbocycles. The van der Waals surface area contributed by atoms with Crippen molar-refractivity contribution >= 4 is 27.4 Å². The fraction of sp³-hybridized carbons (Fsp3) is 0.458. The van der Waals surface area contributed by atoms with E-state index < -0.39 is 16.0 Å². The molecule has 4 aliphatic heterocycles. The highest BCUT2D eigenvalue weighted by Crippen LogP contribution is 2.55.